The number of aromatic nitrogens is 2. The zero-order valence-electron chi connectivity index (χ0n) is 10.7. The van der Waals surface area contributed by atoms with Gasteiger partial charge in [-0.15, -0.1) is 17.9 Å². The second-order valence-corrected chi connectivity index (χ2v) is 5.40. The van der Waals surface area contributed by atoms with Gasteiger partial charge >= 0.3 is 0 Å². The van der Waals surface area contributed by atoms with Crippen molar-refractivity contribution in [2.75, 3.05) is 13.1 Å². The molecule has 0 aliphatic rings. The van der Waals surface area contributed by atoms with Crippen molar-refractivity contribution in [3.8, 4) is 0 Å². The lowest BCUT2D eigenvalue weighted by atomic mass is 10.2. The molecule has 0 aromatic carbocycles. The monoisotopic (exact) mass is 263 g/mol. The molecule has 0 unspecified atom stereocenters. The van der Waals surface area contributed by atoms with E-state index in [0.717, 1.165) is 33.7 Å². The average molecular weight is 263 g/mol. The van der Waals surface area contributed by atoms with Crippen LogP contribution in [0.1, 0.15) is 10.4 Å². The molecule has 5 heteroatoms. The van der Waals surface area contributed by atoms with Crippen LogP contribution < -0.4 is 10.9 Å². The maximum atomic E-state index is 12.3. The minimum atomic E-state index is 0.0576. The van der Waals surface area contributed by atoms with Crippen LogP contribution in [-0.2, 0) is 6.54 Å². The largest absolute Gasteiger partial charge is 0.312 e. The topological polar surface area (TPSA) is 46.9 Å². The first-order valence-electron chi connectivity index (χ1n) is 5.92. The van der Waals surface area contributed by atoms with Crippen molar-refractivity contribution in [2.45, 2.75) is 20.4 Å². The summed E-state index contributed by atoms with van der Waals surface area (Å²) in [4.78, 5) is 18.7. The van der Waals surface area contributed by atoms with Crippen LogP contribution in [-0.4, -0.2) is 22.6 Å². The van der Waals surface area contributed by atoms with Crippen LogP contribution in [0.2, 0.25) is 0 Å². The Hall–Kier alpha value is -1.46. The highest BCUT2D eigenvalue weighted by molar-refractivity contribution is 7.18. The molecule has 0 atom stereocenters. The van der Waals surface area contributed by atoms with Gasteiger partial charge in [-0.3, -0.25) is 9.36 Å². The van der Waals surface area contributed by atoms with Gasteiger partial charge in [0.05, 0.1) is 11.7 Å². The van der Waals surface area contributed by atoms with E-state index in [1.54, 1.807) is 28.3 Å². The first-order chi connectivity index (χ1) is 8.65. The highest BCUT2D eigenvalue weighted by Crippen LogP contribution is 2.25. The van der Waals surface area contributed by atoms with E-state index in [1.807, 2.05) is 13.8 Å². The van der Waals surface area contributed by atoms with Gasteiger partial charge in [-0.25, -0.2) is 4.98 Å². The van der Waals surface area contributed by atoms with E-state index in [0.29, 0.717) is 6.54 Å². The summed E-state index contributed by atoms with van der Waals surface area (Å²) in [7, 11) is 0. The minimum Gasteiger partial charge on any atom is -0.312 e. The Balaban J connectivity index is 2.30. The SMILES string of the molecule is C=CCNCCn1cnc2sc(C)c(C)c2c1=O. The molecule has 0 fully saturated rings. The molecular formula is C13H17N3OS. The number of hydrogen-bond acceptors (Lipinski definition) is 4. The summed E-state index contributed by atoms with van der Waals surface area (Å²) in [5.41, 5.74) is 1.11. The number of rotatable bonds is 5. The molecule has 0 saturated carbocycles. The van der Waals surface area contributed by atoms with Crippen LogP contribution in [0.15, 0.2) is 23.8 Å². The highest BCUT2D eigenvalue weighted by Gasteiger charge is 2.11. The number of fused-ring (bicyclic) bond motifs is 1. The van der Waals surface area contributed by atoms with E-state index in [-0.39, 0.29) is 5.56 Å². The zero-order valence-corrected chi connectivity index (χ0v) is 11.5. The molecule has 0 bridgehead atoms. The van der Waals surface area contributed by atoms with Crippen molar-refractivity contribution < 1.29 is 0 Å². The predicted molar refractivity (Wildman–Crippen MR) is 76.4 cm³/mol. The number of thiophene rings is 1. The Labute approximate surface area is 110 Å². The van der Waals surface area contributed by atoms with E-state index in [2.05, 4.69) is 16.9 Å². The molecule has 2 aromatic rings. The van der Waals surface area contributed by atoms with E-state index in [9.17, 15) is 4.79 Å². The van der Waals surface area contributed by atoms with Gasteiger partial charge in [0, 0.05) is 24.5 Å². The molecule has 0 aliphatic heterocycles. The molecule has 18 heavy (non-hydrogen) atoms. The van der Waals surface area contributed by atoms with Crippen molar-refractivity contribution in [1.82, 2.24) is 14.9 Å². The van der Waals surface area contributed by atoms with Gasteiger partial charge in [-0.05, 0) is 19.4 Å². The Morgan fingerprint density at radius 3 is 3.06 bits per heavy atom. The van der Waals surface area contributed by atoms with Crippen molar-refractivity contribution in [3.63, 3.8) is 0 Å². The third kappa shape index (κ3) is 2.37. The normalized spacial score (nSPS) is 11.0. The predicted octanol–water partition coefficient (Wildman–Crippen LogP) is 1.85. The molecule has 2 rings (SSSR count). The number of hydrogen-bond donors (Lipinski definition) is 1. The van der Waals surface area contributed by atoms with E-state index in [4.69, 9.17) is 0 Å². The fourth-order valence-electron chi connectivity index (χ4n) is 1.83. The molecule has 1 N–H and O–H groups in total. The molecule has 0 saturated heterocycles. The number of nitrogens with zero attached hydrogens (tertiary/aromatic N) is 2. The molecule has 4 nitrogen and oxygen atoms in total. The Morgan fingerprint density at radius 2 is 2.33 bits per heavy atom. The number of nitrogens with one attached hydrogen (secondary N) is 1. The van der Waals surface area contributed by atoms with Gasteiger partial charge in [-0.2, -0.15) is 0 Å². The minimum absolute atomic E-state index is 0.0576. The molecule has 0 radical (unpaired) electrons. The second kappa shape index (κ2) is 5.46. The summed E-state index contributed by atoms with van der Waals surface area (Å²) < 4.78 is 1.66. The first kappa shape index (κ1) is 13.0. The molecule has 0 spiro atoms. The van der Waals surface area contributed by atoms with E-state index >= 15 is 0 Å². The van der Waals surface area contributed by atoms with Crippen molar-refractivity contribution in [1.29, 1.82) is 0 Å². The maximum absolute atomic E-state index is 12.3. The molecule has 0 amide bonds. The Bertz CT molecular complexity index is 627. The van der Waals surface area contributed by atoms with E-state index < -0.39 is 0 Å². The average Bonchev–Trinajstić information content (AvgIpc) is 2.64. The Kier molecular flexibility index (Phi) is 3.93. The number of aryl methyl sites for hydroxylation is 2. The van der Waals surface area contributed by atoms with Gasteiger partial charge in [0.15, 0.2) is 0 Å². The molecule has 2 heterocycles. The summed E-state index contributed by atoms with van der Waals surface area (Å²) in [5.74, 6) is 0. The molecule has 0 aliphatic carbocycles. The molecular weight excluding hydrogens is 246 g/mol. The smallest absolute Gasteiger partial charge is 0.262 e. The van der Waals surface area contributed by atoms with Crippen LogP contribution in [0.3, 0.4) is 0 Å². The molecule has 2 aromatic heterocycles. The maximum Gasteiger partial charge on any atom is 0.262 e. The highest BCUT2D eigenvalue weighted by atomic mass is 32.1. The van der Waals surface area contributed by atoms with Crippen LogP contribution >= 0.6 is 11.3 Å². The van der Waals surface area contributed by atoms with Gasteiger partial charge in [0.1, 0.15) is 4.83 Å². The summed E-state index contributed by atoms with van der Waals surface area (Å²) in [6, 6.07) is 0. The lowest BCUT2D eigenvalue weighted by Crippen LogP contribution is -2.27. The fraction of sp³-hybridized carbons (Fsp3) is 0.385. The quantitative estimate of drug-likeness (QED) is 0.661. The van der Waals surface area contributed by atoms with Crippen molar-refractivity contribution >= 4 is 21.6 Å². The van der Waals surface area contributed by atoms with Crippen LogP contribution in [0.4, 0.5) is 0 Å². The van der Waals surface area contributed by atoms with Gasteiger partial charge < -0.3 is 5.32 Å². The van der Waals surface area contributed by atoms with Crippen LogP contribution in [0.25, 0.3) is 10.2 Å². The van der Waals surface area contributed by atoms with Gasteiger partial charge in [0.2, 0.25) is 0 Å². The Morgan fingerprint density at radius 1 is 1.56 bits per heavy atom. The third-order valence-electron chi connectivity index (χ3n) is 2.97. The van der Waals surface area contributed by atoms with Gasteiger partial charge in [-0.1, -0.05) is 6.08 Å². The van der Waals surface area contributed by atoms with Crippen molar-refractivity contribution in [3.05, 3.63) is 39.8 Å². The van der Waals surface area contributed by atoms with Crippen LogP contribution in [0, 0.1) is 13.8 Å². The summed E-state index contributed by atoms with van der Waals surface area (Å²) in [6.07, 6.45) is 3.44. The fourth-order valence-corrected chi connectivity index (χ4v) is 2.82. The molecule has 96 valence electrons. The first-order valence-corrected chi connectivity index (χ1v) is 6.73. The summed E-state index contributed by atoms with van der Waals surface area (Å²) in [6.45, 7) is 9.76. The summed E-state index contributed by atoms with van der Waals surface area (Å²) in [5, 5.41) is 3.94. The third-order valence-corrected chi connectivity index (χ3v) is 4.09. The van der Waals surface area contributed by atoms with E-state index in [1.165, 1.54) is 0 Å². The lowest BCUT2D eigenvalue weighted by molar-refractivity contribution is 0.606. The second-order valence-electron chi connectivity index (χ2n) is 4.20. The standard InChI is InChI=1S/C13H17N3OS/c1-4-5-14-6-7-16-8-15-12-11(13(16)17)9(2)10(3)18-12/h4,8,14H,1,5-7H2,2-3H3. The summed E-state index contributed by atoms with van der Waals surface area (Å²) >= 11 is 1.58. The van der Waals surface area contributed by atoms with Crippen LogP contribution in [0.5, 0.6) is 0 Å². The van der Waals surface area contributed by atoms with Crippen molar-refractivity contribution in [2.24, 2.45) is 0 Å². The zero-order chi connectivity index (χ0) is 13.1. The van der Waals surface area contributed by atoms with Gasteiger partial charge in [0.25, 0.3) is 5.56 Å². The lowest BCUT2D eigenvalue weighted by Gasteiger charge is -2.05.